The van der Waals surface area contributed by atoms with Gasteiger partial charge in [-0.25, -0.2) is 12.8 Å². The second-order valence-electron chi connectivity index (χ2n) is 7.15. The van der Waals surface area contributed by atoms with Crippen molar-refractivity contribution in [3.63, 3.8) is 0 Å². The van der Waals surface area contributed by atoms with Crippen LogP contribution in [-0.4, -0.2) is 25.6 Å². The highest BCUT2D eigenvalue weighted by atomic mass is 35.5. The van der Waals surface area contributed by atoms with Crippen molar-refractivity contribution in [3.05, 3.63) is 64.4 Å². The summed E-state index contributed by atoms with van der Waals surface area (Å²) >= 11 is 5.68. The van der Waals surface area contributed by atoms with Gasteiger partial charge in [0, 0.05) is 11.6 Å². The molecular formula is C20H18ClF4NO3S. The van der Waals surface area contributed by atoms with E-state index in [1.165, 1.54) is 12.1 Å². The van der Waals surface area contributed by atoms with E-state index in [2.05, 4.69) is 5.32 Å². The van der Waals surface area contributed by atoms with Crippen LogP contribution in [0.3, 0.4) is 0 Å². The van der Waals surface area contributed by atoms with Gasteiger partial charge in [-0.2, -0.15) is 13.2 Å². The number of halogens is 5. The van der Waals surface area contributed by atoms with Crippen LogP contribution >= 0.6 is 11.6 Å². The highest BCUT2D eigenvalue weighted by Gasteiger charge is 2.35. The summed E-state index contributed by atoms with van der Waals surface area (Å²) in [6, 6.07) is 7.00. The number of carbonyl (C=O) groups is 1. The van der Waals surface area contributed by atoms with E-state index in [4.69, 9.17) is 11.6 Å². The Kier molecular flexibility index (Phi) is 6.43. The summed E-state index contributed by atoms with van der Waals surface area (Å²) in [5.41, 5.74) is -0.831. The molecule has 0 aromatic heterocycles. The lowest BCUT2D eigenvalue weighted by Gasteiger charge is -2.29. The molecule has 10 heteroatoms. The van der Waals surface area contributed by atoms with Gasteiger partial charge in [-0.1, -0.05) is 17.7 Å². The average molecular weight is 464 g/mol. The number of alkyl halides is 3. The minimum absolute atomic E-state index is 0.181. The van der Waals surface area contributed by atoms with Crippen LogP contribution < -0.4 is 5.32 Å². The Bertz CT molecular complexity index is 1050. The van der Waals surface area contributed by atoms with Gasteiger partial charge in [0.2, 0.25) is 0 Å². The van der Waals surface area contributed by atoms with Crippen molar-refractivity contribution in [1.82, 2.24) is 5.32 Å². The zero-order valence-electron chi connectivity index (χ0n) is 15.5. The van der Waals surface area contributed by atoms with Gasteiger partial charge in [-0.15, -0.1) is 0 Å². The summed E-state index contributed by atoms with van der Waals surface area (Å²) in [4.78, 5) is 11.9. The molecule has 0 spiro atoms. The summed E-state index contributed by atoms with van der Waals surface area (Å²) in [5.74, 6) is -1.10. The van der Waals surface area contributed by atoms with Gasteiger partial charge in [-0.3, -0.25) is 4.79 Å². The van der Waals surface area contributed by atoms with Gasteiger partial charge in [0.1, 0.15) is 5.82 Å². The van der Waals surface area contributed by atoms with E-state index in [1.807, 2.05) is 0 Å². The number of sulfone groups is 1. The first kappa shape index (κ1) is 22.6. The normalized spacial score (nSPS) is 20.0. The van der Waals surface area contributed by atoms with Crippen molar-refractivity contribution in [1.29, 1.82) is 0 Å². The molecule has 162 valence electrons. The Morgan fingerprint density at radius 3 is 2.30 bits per heavy atom. The quantitative estimate of drug-likeness (QED) is 0.648. The van der Waals surface area contributed by atoms with Crippen molar-refractivity contribution in [3.8, 4) is 0 Å². The molecule has 1 N–H and O–H groups in total. The fraction of sp³-hybridized carbons (Fsp3) is 0.350. The highest BCUT2D eigenvalue weighted by Crippen LogP contribution is 2.33. The van der Waals surface area contributed by atoms with Gasteiger partial charge < -0.3 is 5.32 Å². The van der Waals surface area contributed by atoms with E-state index in [1.54, 1.807) is 0 Å². The van der Waals surface area contributed by atoms with Gasteiger partial charge in [0.25, 0.3) is 5.91 Å². The molecule has 0 saturated heterocycles. The number of amides is 1. The summed E-state index contributed by atoms with van der Waals surface area (Å²) in [7, 11) is -3.93. The van der Waals surface area contributed by atoms with Crippen molar-refractivity contribution in [2.24, 2.45) is 0 Å². The zero-order chi connectivity index (χ0) is 22.1. The third-order valence-electron chi connectivity index (χ3n) is 5.12. The van der Waals surface area contributed by atoms with E-state index >= 15 is 0 Å². The van der Waals surface area contributed by atoms with E-state index in [0.717, 1.165) is 24.3 Å². The Hall–Kier alpha value is -2.13. The average Bonchev–Trinajstić information content (AvgIpc) is 2.70. The second-order valence-corrected chi connectivity index (χ2v) is 9.78. The van der Waals surface area contributed by atoms with E-state index in [-0.39, 0.29) is 34.4 Å². The van der Waals surface area contributed by atoms with Crippen LogP contribution in [0.15, 0.2) is 47.4 Å². The topological polar surface area (TPSA) is 63.2 Å². The molecule has 1 aliphatic rings. The maximum absolute atomic E-state index is 13.2. The molecule has 30 heavy (non-hydrogen) atoms. The summed E-state index contributed by atoms with van der Waals surface area (Å²) in [6.45, 7) is 0. The SMILES string of the molecule is O=C(N[C@H]1CC[C@@H](S(=O)(=O)c2cccc(C(F)(F)F)c2)CC1)c1ccc(F)c(Cl)c1. The van der Waals surface area contributed by atoms with Crippen molar-refractivity contribution >= 4 is 27.3 Å². The molecule has 1 amide bonds. The predicted octanol–water partition coefficient (Wildman–Crippen LogP) is 5.01. The van der Waals surface area contributed by atoms with Gasteiger partial charge in [0.05, 0.1) is 20.7 Å². The molecule has 1 aliphatic carbocycles. The molecular weight excluding hydrogens is 446 g/mol. The maximum Gasteiger partial charge on any atom is 0.416 e. The van der Waals surface area contributed by atoms with Crippen LogP contribution in [0.1, 0.15) is 41.6 Å². The standard InChI is InChI=1S/C20H18ClF4NO3S/c21-17-10-12(4-9-18(17)22)19(27)26-14-5-7-15(8-6-14)30(28,29)16-3-1-2-13(11-16)20(23,24)25/h1-4,9-11,14-15H,5-8H2,(H,26,27)/t14-,15+. The molecule has 1 fully saturated rings. The van der Waals surface area contributed by atoms with E-state index in [0.29, 0.717) is 18.9 Å². The predicted molar refractivity (Wildman–Crippen MR) is 104 cm³/mol. The van der Waals surface area contributed by atoms with Crippen LogP contribution in [0.4, 0.5) is 17.6 Å². The first-order valence-corrected chi connectivity index (χ1v) is 11.1. The lowest BCUT2D eigenvalue weighted by Crippen LogP contribution is -2.40. The number of benzene rings is 2. The lowest BCUT2D eigenvalue weighted by molar-refractivity contribution is -0.137. The Labute approximate surface area is 176 Å². The Balaban J connectivity index is 1.65. The van der Waals surface area contributed by atoms with Crippen molar-refractivity contribution in [2.45, 2.75) is 48.0 Å². The monoisotopic (exact) mass is 463 g/mol. The van der Waals surface area contributed by atoms with E-state index < -0.39 is 38.6 Å². The number of rotatable bonds is 4. The first-order chi connectivity index (χ1) is 14.0. The molecule has 0 bridgehead atoms. The molecule has 3 rings (SSSR count). The second kappa shape index (κ2) is 8.55. The molecule has 2 aromatic rings. The third-order valence-corrected chi connectivity index (χ3v) is 7.67. The lowest BCUT2D eigenvalue weighted by atomic mass is 9.94. The Morgan fingerprint density at radius 1 is 1.03 bits per heavy atom. The van der Waals surface area contributed by atoms with Gasteiger partial charge >= 0.3 is 6.18 Å². The number of carbonyl (C=O) groups excluding carboxylic acids is 1. The smallest absolute Gasteiger partial charge is 0.349 e. The largest absolute Gasteiger partial charge is 0.416 e. The third kappa shape index (κ3) is 4.95. The first-order valence-electron chi connectivity index (χ1n) is 9.15. The molecule has 0 unspecified atom stereocenters. The van der Waals surface area contributed by atoms with Crippen LogP contribution in [0, 0.1) is 5.82 Å². The van der Waals surface area contributed by atoms with Crippen LogP contribution in [0.2, 0.25) is 5.02 Å². The van der Waals surface area contributed by atoms with Gasteiger partial charge in [0.15, 0.2) is 9.84 Å². The summed E-state index contributed by atoms with van der Waals surface area (Å²) < 4.78 is 77.5. The molecule has 0 aliphatic heterocycles. The fourth-order valence-corrected chi connectivity index (χ4v) is 5.48. The molecule has 0 radical (unpaired) electrons. The van der Waals surface area contributed by atoms with Gasteiger partial charge in [-0.05, 0) is 62.1 Å². The Morgan fingerprint density at radius 2 is 1.70 bits per heavy atom. The molecule has 0 atom stereocenters. The van der Waals surface area contributed by atoms with Crippen molar-refractivity contribution < 1.29 is 30.8 Å². The molecule has 1 saturated carbocycles. The number of hydrogen-bond donors (Lipinski definition) is 1. The van der Waals surface area contributed by atoms with Crippen LogP contribution in [-0.2, 0) is 16.0 Å². The molecule has 2 aromatic carbocycles. The number of hydrogen-bond acceptors (Lipinski definition) is 3. The molecule has 4 nitrogen and oxygen atoms in total. The minimum Gasteiger partial charge on any atom is -0.349 e. The fourth-order valence-electron chi connectivity index (χ4n) is 3.47. The number of nitrogens with one attached hydrogen (secondary N) is 1. The van der Waals surface area contributed by atoms with Crippen molar-refractivity contribution in [2.75, 3.05) is 0 Å². The highest BCUT2D eigenvalue weighted by molar-refractivity contribution is 7.92. The summed E-state index contributed by atoms with van der Waals surface area (Å²) in [5, 5.41) is 1.75. The van der Waals surface area contributed by atoms with Crippen LogP contribution in [0.5, 0.6) is 0 Å². The van der Waals surface area contributed by atoms with Crippen LogP contribution in [0.25, 0.3) is 0 Å². The maximum atomic E-state index is 13.2. The zero-order valence-corrected chi connectivity index (χ0v) is 17.1. The summed E-state index contributed by atoms with van der Waals surface area (Å²) in [6.07, 6.45) is -3.52. The molecule has 0 heterocycles. The minimum atomic E-state index is -4.63. The van der Waals surface area contributed by atoms with E-state index in [9.17, 15) is 30.8 Å².